The number of amides is 1. The number of hydrogen-bond donors (Lipinski definition) is 1. The van der Waals surface area contributed by atoms with E-state index in [1.54, 1.807) is 26.4 Å². The second-order valence-corrected chi connectivity index (χ2v) is 6.56. The maximum Gasteiger partial charge on any atom is 0.254 e. The fraction of sp³-hybridized carbons (Fsp3) is 0.389. The first-order valence-corrected chi connectivity index (χ1v) is 9.62. The number of aromatic nitrogens is 2. The zero-order valence-corrected chi connectivity index (χ0v) is 16.3. The van der Waals surface area contributed by atoms with E-state index in [-0.39, 0.29) is 0 Å². The van der Waals surface area contributed by atoms with Gasteiger partial charge in [-0.3, -0.25) is 4.79 Å². The van der Waals surface area contributed by atoms with Crippen LogP contribution in [0.5, 0.6) is 11.5 Å². The van der Waals surface area contributed by atoms with E-state index in [1.807, 2.05) is 17.2 Å². The van der Waals surface area contributed by atoms with Crippen molar-refractivity contribution in [3.63, 3.8) is 0 Å². The minimum atomic E-state index is -0.575. The molecule has 1 aliphatic rings. The molecule has 1 fully saturated rings. The first-order chi connectivity index (χ1) is 13.1. The van der Waals surface area contributed by atoms with Gasteiger partial charge < -0.3 is 24.8 Å². The van der Waals surface area contributed by atoms with Gasteiger partial charge in [0.25, 0.3) is 5.91 Å². The Labute approximate surface area is 162 Å². The van der Waals surface area contributed by atoms with Crippen molar-refractivity contribution >= 4 is 23.5 Å². The van der Waals surface area contributed by atoms with Crippen LogP contribution in [0.4, 0.5) is 5.82 Å². The van der Waals surface area contributed by atoms with E-state index < -0.39 is 5.91 Å². The first-order valence-electron chi connectivity index (χ1n) is 8.40. The number of nitrogens with two attached hydrogens (primary N) is 1. The zero-order valence-electron chi connectivity index (χ0n) is 15.5. The van der Waals surface area contributed by atoms with Crippen LogP contribution in [0.2, 0.25) is 0 Å². The number of methoxy groups -OCH3 is 2. The Balaban J connectivity index is 2.20. The minimum absolute atomic E-state index is 0.293. The fourth-order valence-electron chi connectivity index (χ4n) is 2.94. The third kappa shape index (κ3) is 3.93. The molecular formula is C18H22N4O4S. The molecule has 0 radical (unpaired) electrons. The monoisotopic (exact) mass is 390 g/mol. The molecule has 0 aliphatic carbocycles. The van der Waals surface area contributed by atoms with E-state index in [0.717, 1.165) is 0 Å². The molecule has 2 N–H and O–H groups in total. The molecule has 144 valence electrons. The van der Waals surface area contributed by atoms with Gasteiger partial charge in [0, 0.05) is 18.7 Å². The molecule has 1 aromatic carbocycles. The quantitative estimate of drug-likeness (QED) is 0.589. The minimum Gasteiger partial charge on any atom is -0.493 e. The average Bonchev–Trinajstić information content (AvgIpc) is 2.72. The van der Waals surface area contributed by atoms with Crippen molar-refractivity contribution in [2.75, 3.05) is 51.7 Å². The third-order valence-electron chi connectivity index (χ3n) is 4.27. The summed E-state index contributed by atoms with van der Waals surface area (Å²) < 4.78 is 16.1. The second-order valence-electron chi connectivity index (χ2n) is 5.79. The van der Waals surface area contributed by atoms with Gasteiger partial charge in [-0.2, -0.15) is 0 Å². The molecule has 2 aromatic rings. The van der Waals surface area contributed by atoms with Crippen LogP contribution in [0.1, 0.15) is 10.4 Å². The summed E-state index contributed by atoms with van der Waals surface area (Å²) in [6.45, 7) is 2.41. The maximum atomic E-state index is 12.4. The van der Waals surface area contributed by atoms with Gasteiger partial charge in [0.1, 0.15) is 11.4 Å². The number of benzene rings is 1. The Bertz CT molecular complexity index is 840. The Hall–Kier alpha value is -2.52. The van der Waals surface area contributed by atoms with Crippen LogP contribution in [0.25, 0.3) is 11.3 Å². The molecule has 0 bridgehead atoms. The molecule has 1 aliphatic heterocycles. The van der Waals surface area contributed by atoms with Gasteiger partial charge in [-0.15, -0.1) is 0 Å². The normalized spacial score (nSPS) is 14.1. The van der Waals surface area contributed by atoms with Gasteiger partial charge in [0.2, 0.25) is 0 Å². The summed E-state index contributed by atoms with van der Waals surface area (Å²) in [6, 6.07) is 5.37. The lowest BCUT2D eigenvalue weighted by atomic mass is 10.0. The lowest BCUT2D eigenvalue weighted by Crippen LogP contribution is -2.38. The molecule has 1 aromatic heterocycles. The van der Waals surface area contributed by atoms with Crippen LogP contribution in [0.3, 0.4) is 0 Å². The molecule has 0 spiro atoms. The van der Waals surface area contributed by atoms with E-state index in [1.165, 1.54) is 11.8 Å². The predicted molar refractivity (Wildman–Crippen MR) is 104 cm³/mol. The summed E-state index contributed by atoms with van der Waals surface area (Å²) in [5, 5.41) is 0.561. The van der Waals surface area contributed by atoms with Crippen LogP contribution in [0, 0.1) is 0 Å². The van der Waals surface area contributed by atoms with E-state index >= 15 is 0 Å². The van der Waals surface area contributed by atoms with Crippen LogP contribution < -0.4 is 20.1 Å². The summed E-state index contributed by atoms with van der Waals surface area (Å²) in [5.41, 5.74) is 7.21. The molecule has 0 saturated carbocycles. The van der Waals surface area contributed by atoms with Gasteiger partial charge in [-0.05, 0) is 24.5 Å². The van der Waals surface area contributed by atoms with Crippen LogP contribution in [-0.2, 0) is 4.74 Å². The van der Waals surface area contributed by atoms with Crippen LogP contribution >= 0.6 is 11.8 Å². The SMILES string of the molecule is COc1ccc(-c2nc(SC)nc(N3CCOCC3)c2C(N)=O)cc1OC. The van der Waals surface area contributed by atoms with Gasteiger partial charge in [-0.25, -0.2) is 9.97 Å². The smallest absolute Gasteiger partial charge is 0.254 e. The lowest BCUT2D eigenvalue weighted by Gasteiger charge is -2.29. The molecule has 2 heterocycles. The van der Waals surface area contributed by atoms with Crippen LogP contribution in [0.15, 0.2) is 23.4 Å². The summed E-state index contributed by atoms with van der Waals surface area (Å²) in [7, 11) is 3.13. The van der Waals surface area contributed by atoms with Crippen molar-refractivity contribution in [1.82, 2.24) is 9.97 Å². The number of carbonyl (C=O) groups excluding carboxylic acids is 1. The predicted octanol–water partition coefficient (Wildman–Crippen LogP) is 1.82. The fourth-order valence-corrected chi connectivity index (χ4v) is 3.30. The molecule has 8 nitrogen and oxygen atoms in total. The standard InChI is InChI=1S/C18H22N4O4S/c1-24-12-5-4-11(10-13(12)25-2)15-14(16(19)23)17(21-18(20-15)27-3)22-6-8-26-9-7-22/h4-5,10H,6-9H2,1-3H3,(H2,19,23). The number of rotatable bonds is 6. The Kier molecular flexibility index (Phi) is 6.02. The summed E-state index contributed by atoms with van der Waals surface area (Å²) in [5.74, 6) is 1.10. The maximum absolute atomic E-state index is 12.4. The van der Waals surface area contributed by atoms with Gasteiger partial charge >= 0.3 is 0 Å². The highest BCUT2D eigenvalue weighted by molar-refractivity contribution is 7.98. The van der Waals surface area contributed by atoms with E-state index in [4.69, 9.17) is 19.9 Å². The van der Waals surface area contributed by atoms with Gasteiger partial charge in [0.15, 0.2) is 16.7 Å². The van der Waals surface area contributed by atoms with Crippen molar-refractivity contribution in [2.45, 2.75) is 5.16 Å². The van der Waals surface area contributed by atoms with Gasteiger partial charge in [0.05, 0.1) is 33.1 Å². The van der Waals surface area contributed by atoms with Crippen molar-refractivity contribution in [2.24, 2.45) is 5.73 Å². The molecule has 1 saturated heterocycles. The number of ether oxygens (including phenoxy) is 3. The number of morpholine rings is 1. The second kappa shape index (κ2) is 8.45. The number of anilines is 1. The van der Waals surface area contributed by atoms with Crippen molar-refractivity contribution in [1.29, 1.82) is 0 Å². The highest BCUT2D eigenvalue weighted by atomic mass is 32.2. The van der Waals surface area contributed by atoms with Gasteiger partial charge in [-0.1, -0.05) is 11.8 Å². The molecule has 0 unspecified atom stereocenters. The highest BCUT2D eigenvalue weighted by Gasteiger charge is 2.26. The zero-order chi connectivity index (χ0) is 19.4. The Morgan fingerprint density at radius 2 is 1.89 bits per heavy atom. The molecule has 9 heteroatoms. The number of primary amides is 1. The largest absolute Gasteiger partial charge is 0.493 e. The molecule has 0 atom stereocenters. The van der Waals surface area contributed by atoms with E-state index in [0.29, 0.717) is 65.6 Å². The van der Waals surface area contributed by atoms with Crippen molar-refractivity contribution in [3.8, 4) is 22.8 Å². The molecule has 1 amide bonds. The number of nitrogens with zero attached hydrogens (tertiary/aromatic N) is 3. The topological polar surface area (TPSA) is 99.8 Å². The highest BCUT2D eigenvalue weighted by Crippen LogP contribution is 2.36. The number of carbonyl (C=O) groups is 1. The van der Waals surface area contributed by atoms with Crippen molar-refractivity contribution in [3.05, 3.63) is 23.8 Å². The third-order valence-corrected chi connectivity index (χ3v) is 4.81. The average molecular weight is 390 g/mol. The molecule has 3 rings (SSSR count). The number of thioether (sulfide) groups is 1. The summed E-state index contributed by atoms with van der Waals surface area (Å²) in [4.78, 5) is 23.5. The number of hydrogen-bond acceptors (Lipinski definition) is 8. The van der Waals surface area contributed by atoms with Crippen molar-refractivity contribution < 1.29 is 19.0 Å². The Morgan fingerprint density at radius 3 is 2.48 bits per heavy atom. The van der Waals surface area contributed by atoms with E-state index in [2.05, 4.69) is 9.97 Å². The summed E-state index contributed by atoms with van der Waals surface area (Å²) >= 11 is 1.41. The van der Waals surface area contributed by atoms with E-state index in [9.17, 15) is 4.79 Å². The Morgan fingerprint density at radius 1 is 1.19 bits per heavy atom. The van der Waals surface area contributed by atoms with Crippen LogP contribution in [-0.4, -0.2) is 62.7 Å². The molecule has 27 heavy (non-hydrogen) atoms. The molecular weight excluding hydrogens is 368 g/mol. The summed E-state index contributed by atoms with van der Waals surface area (Å²) in [6.07, 6.45) is 1.89. The lowest BCUT2D eigenvalue weighted by molar-refractivity contribution is 0.0998. The first kappa shape index (κ1) is 19.2.